The fourth-order valence-electron chi connectivity index (χ4n) is 2.60. The first-order chi connectivity index (χ1) is 11.6. The van der Waals surface area contributed by atoms with Crippen molar-refractivity contribution < 1.29 is 33.0 Å². The number of hydrogen-bond acceptors (Lipinski definition) is 3. The van der Waals surface area contributed by atoms with Crippen molar-refractivity contribution in [1.29, 1.82) is 0 Å². The maximum Gasteiger partial charge on any atom is 0.341 e. The van der Waals surface area contributed by atoms with Gasteiger partial charge in [0.2, 0.25) is 5.43 Å². The average molecular weight is 357 g/mol. The molecule has 0 radical (unpaired) electrons. The number of halogens is 3. The third-order valence-corrected chi connectivity index (χ3v) is 3.70. The van der Waals surface area contributed by atoms with Gasteiger partial charge in [-0.1, -0.05) is 13.8 Å². The highest BCUT2D eigenvalue weighted by molar-refractivity contribution is 5.93. The summed E-state index contributed by atoms with van der Waals surface area (Å²) >= 11 is 0. The van der Waals surface area contributed by atoms with E-state index in [9.17, 15) is 32.7 Å². The van der Waals surface area contributed by atoms with Gasteiger partial charge in [0.25, 0.3) is 0 Å². The van der Waals surface area contributed by atoms with Crippen molar-refractivity contribution in [2.24, 2.45) is 5.92 Å². The molecule has 1 heterocycles. The van der Waals surface area contributed by atoms with Crippen LogP contribution in [0.4, 0.5) is 13.2 Å². The predicted molar refractivity (Wildman–Crippen MR) is 81.2 cm³/mol. The maximum atomic E-state index is 14.3. The Morgan fingerprint density at radius 1 is 1.16 bits per heavy atom. The van der Waals surface area contributed by atoms with E-state index in [0.717, 1.165) is 0 Å². The zero-order valence-electron chi connectivity index (χ0n) is 13.2. The molecular formula is C16H14F3NO5. The van der Waals surface area contributed by atoms with Gasteiger partial charge in [-0.2, -0.15) is 0 Å². The zero-order valence-corrected chi connectivity index (χ0v) is 13.2. The summed E-state index contributed by atoms with van der Waals surface area (Å²) in [7, 11) is 0. The van der Waals surface area contributed by atoms with E-state index in [0.29, 0.717) is 16.8 Å². The molecule has 0 amide bonds. The van der Waals surface area contributed by atoms with Gasteiger partial charge in [0.15, 0.2) is 17.5 Å². The minimum atomic E-state index is -1.88. The van der Waals surface area contributed by atoms with Crippen LogP contribution < -0.4 is 5.43 Å². The summed E-state index contributed by atoms with van der Waals surface area (Å²) in [6, 6.07) is -1.10. The van der Waals surface area contributed by atoms with E-state index in [1.54, 1.807) is 13.8 Å². The van der Waals surface area contributed by atoms with E-state index in [-0.39, 0.29) is 12.3 Å². The molecule has 1 aromatic heterocycles. The summed E-state index contributed by atoms with van der Waals surface area (Å²) in [5.41, 5.74) is -2.89. The molecule has 0 saturated carbocycles. The molecular weight excluding hydrogens is 343 g/mol. The molecule has 6 nitrogen and oxygen atoms in total. The number of rotatable bonds is 5. The largest absolute Gasteiger partial charge is 0.480 e. The number of aromatic carboxylic acids is 1. The molecule has 9 heteroatoms. The maximum absolute atomic E-state index is 14.3. The van der Waals surface area contributed by atoms with Crippen LogP contribution in [0.5, 0.6) is 0 Å². The number of carboxylic acid groups (broad SMARTS) is 2. The molecule has 0 aliphatic heterocycles. The van der Waals surface area contributed by atoms with Crippen LogP contribution in [0.3, 0.4) is 0 Å². The van der Waals surface area contributed by atoms with Crippen molar-refractivity contribution >= 4 is 22.8 Å². The van der Waals surface area contributed by atoms with E-state index in [4.69, 9.17) is 5.11 Å². The highest BCUT2D eigenvalue weighted by Crippen LogP contribution is 2.27. The monoisotopic (exact) mass is 357 g/mol. The smallest absolute Gasteiger partial charge is 0.341 e. The molecule has 1 aromatic carbocycles. The molecule has 0 spiro atoms. The molecule has 1 atom stereocenters. The lowest BCUT2D eigenvalue weighted by Gasteiger charge is -2.21. The van der Waals surface area contributed by atoms with Crippen LogP contribution >= 0.6 is 0 Å². The van der Waals surface area contributed by atoms with Crippen molar-refractivity contribution in [2.45, 2.75) is 26.3 Å². The van der Waals surface area contributed by atoms with Gasteiger partial charge in [-0.3, -0.25) is 4.79 Å². The molecule has 2 N–H and O–H groups in total. The van der Waals surface area contributed by atoms with Crippen molar-refractivity contribution in [2.75, 3.05) is 0 Å². The average Bonchev–Trinajstić information content (AvgIpc) is 2.51. The fourth-order valence-corrected chi connectivity index (χ4v) is 2.60. The molecule has 2 rings (SSSR count). The van der Waals surface area contributed by atoms with E-state index in [1.165, 1.54) is 0 Å². The summed E-state index contributed by atoms with van der Waals surface area (Å²) < 4.78 is 42.1. The predicted octanol–water partition coefficient (Wildman–Crippen LogP) is 2.79. The molecule has 0 fully saturated rings. The number of aromatic nitrogens is 1. The van der Waals surface area contributed by atoms with Crippen molar-refractivity contribution in [3.8, 4) is 0 Å². The Kier molecular flexibility index (Phi) is 4.87. The summed E-state index contributed by atoms with van der Waals surface area (Å²) in [4.78, 5) is 35.0. The first-order valence-corrected chi connectivity index (χ1v) is 7.24. The quantitative estimate of drug-likeness (QED) is 0.802. The molecule has 0 aliphatic carbocycles. The number of aliphatic carboxylic acids is 1. The standard InChI is InChI=1S/C16H14F3NO5/c1-6(2)3-10(16(24)25)20-5-8(15(22)23)14(21)7-4-9(17)11(18)12(19)13(7)20/h4-6,10H,3H2,1-2H3,(H,22,23)(H,24,25). The molecule has 134 valence electrons. The van der Waals surface area contributed by atoms with Gasteiger partial charge in [-0.15, -0.1) is 0 Å². The van der Waals surface area contributed by atoms with E-state index in [2.05, 4.69) is 0 Å². The lowest BCUT2D eigenvalue weighted by molar-refractivity contribution is -0.141. The van der Waals surface area contributed by atoms with E-state index >= 15 is 0 Å². The summed E-state index contributed by atoms with van der Waals surface area (Å²) in [6.07, 6.45) is 0.597. The second kappa shape index (κ2) is 6.58. The number of hydrogen-bond donors (Lipinski definition) is 2. The number of carboxylic acids is 2. The molecule has 0 bridgehead atoms. The minimum Gasteiger partial charge on any atom is -0.480 e. The number of carbonyl (C=O) groups is 2. The lowest BCUT2D eigenvalue weighted by Crippen LogP contribution is -2.27. The summed E-state index contributed by atoms with van der Waals surface area (Å²) in [6.45, 7) is 3.35. The Bertz CT molecular complexity index is 936. The number of benzene rings is 1. The second-order valence-corrected chi connectivity index (χ2v) is 5.95. The lowest BCUT2D eigenvalue weighted by atomic mass is 10.0. The Morgan fingerprint density at radius 2 is 1.76 bits per heavy atom. The summed E-state index contributed by atoms with van der Waals surface area (Å²) in [5, 5.41) is 17.8. The normalized spacial score (nSPS) is 12.6. The van der Waals surface area contributed by atoms with Crippen LogP contribution in [-0.4, -0.2) is 26.7 Å². The van der Waals surface area contributed by atoms with E-state index in [1.807, 2.05) is 0 Å². The zero-order chi connectivity index (χ0) is 19.0. The number of pyridine rings is 1. The van der Waals surface area contributed by atoms with Gasteiger partial charge in [-0.25, -0.2) is 22.8 Å². The van der Waals surface area contributed by atoms with Crippen molar-refractivity contribution in [1.82, 2.24) is 4.57 Å². The van der Waals surface area contributed by atoms with Crippen LogP contribution in [0.2, 0.25) is 0 Å². The van der Waals surface area contributed by atoms with E-state index < -0.39 is 57.3 Å². The Labute approximate surface area is 139 Å². The van der Waals surface area contributed by atoms with Gasteiger partial charge >= 0.3 is 11.9 Å². The SMILES string of the molecule is CC(C)CC(C(=O)O)n1cc(C(=O)O)c(=O)c2cc(F)c(F)c(F)c21. The number of nitrogens with zero attached hydrogens (tertiary/aromatic N) is 1. The van der Waals surface area contributed by atoms with Gasteiger partial charge in [-0.05, 0) is 18.4 Å². The first kappa shape index (κ1) is 18.5. The third-order valence-electron chi connectivity index (χ3n) is 3.70. The van der Waals surface area contributed by atoms with Crippen LogP contribution in [-0.2, 0) is 4.79 Å². The van der Waals surface area contributed by atoms with Gasteiger partial charge in [0.05, 0.1) is 10.9 Å². The Hall–Kier alpha value is -2.84. The Balaban J connectivity index is 3.02. The van der Waals surface area contributed by atoms with Gasteiger partial charge in [0.1, 0.15) is 11.6 Å². The van der Waals surface area contributed by atoms with Crippen molar-refractivity contribution in [3.63, 3.8) is 0 Å². The van der Waals surface area contributed by atoms with Gasteiger partial charge in [0, 0.05) is 6.20 Å². The topological polar surface area (TPSA) is 96.6 Å². The summed E-state index contributed by atoms with van der Waals surface area (Å²) in [5.74, 6) is -8.63. The van der Waals surface area contributed by atoms with Crippen LogP contribution in [0.15, 0.2) is 17.1 Å². The molecule has 0 aliphatic rings. The van der Waals surface area contributed by atoms with Crippen LogP contribution in [0.1, 0.15) is 36.7 Å². The number of fused-ring (bicyclic) bond motifs is 1. The second-order valence-electron chi connectivity index (χ2n) is 5.95. The highest BCUT2D eigenvalue weighted by Gasteiger charge is 2.28. The molecule has 0 saturated heterocycles. The fraction of sp³-hybridized carbons (Fsp3) is 0.312. The third kappa shape index (κ3) is 3.21. The highest BCUT2D eigenvalue weighted by atomic mass is 19.2. The molecule has 1 unspecified atom stereocenters. The minimum absolute atomic E-state index is 0.0508. The molecule has 25 heavy (non-hydrogen) atoms. The van der Waals surface area contributed by atoms with Crippen LogP contribution in [0.25, 0.3) is 10.9 Å². The van der Waals surface area contributed by atoms with Crippen LogP contribution in [0, 0.1) is 23.4 Å². The Morgan fingerprint density at radius 3 is 2.24 bits per heavy atom. The first-order valence-electron chi connectivity index (χ1n) is 7.24. The van der Waals surface area contributed by atoms with Crippen molar-refractivity contribution in [3.05, 3.63) is 45.5 Å². The van der Waals surface area contributed by atoms with Gasteiger partial charge < -0.3 is 14.8 Å². The molecule has 2 aromatic rings.